The molecule has 1 atom stereocenters. The number of likely N-dealkylation sites (N-methyl/N-ethyl adjacent to an activating group) is 1. The van der Waals surface area contributed by atoms with E-state index >= 15 is 0 Å². The first-order chi connectivity index (χ1) is 11.2. The molecule has 4 heterocycles. The molecule has 1 fully saturated rings. The molecular formula is C18H19FN4. The van der Waals surface area contributed by atoms with Gasteiger partial charge in [0.05, 0.1) is 17.6 Å². The summed E-state index contributed by atoms with van der Waals surface area (Å²) in [5.41, 5.74) is 3.51. The molecule has 0 radical (unpaired) electrons. The van der Waals surface area contributed by atoms with Crippen molar-refractivity contribution in [1.29, 1.82) is 0 Å². The highest BCUT2D eigenvalue weighted by atomic mass is 19.1. The van der Waals surface area contributed by atoms with Crippen molar-refractivity contribution in [3.05, 3.63) is 54.2 Å². The van der Waals surface area contributed by atoms with Gasteiger partial charge in [0.25, 0.3) is 0 Å². The van der Waals surface area contributed by atoms with Gasteiger partial charge >= 0.3 is 0 Å². The lowest BCUT2D eigenvalue weighted by Gasteiger charge is -2.29. The maximum Gasteiger partial charge on any atom is 0.139 e. The summed E-state index contributed by atoms with van der Waals surface area (Å²) in [5.74, 6) is 0.187. The van der Waals surface area contributed by atoms with E-state index in [1.165, 1.54) is 25.1 Å². The van der Waals surface area contributed by atoms with Gasteiger partial charge in [-0.05, 0) is 50.7 Å². The molecule has 0 aliphatic carbocycles. The van der Waals surface area contributed by atoms with Crippen LogP contribution in [0.4, 0.5) is 4.39 Å². The van der Waals surface area contributed by atoms with Crippen LogP contribution >= 0.6 is 0 Å². The minimum Gasteiger partial charge on any atom is -0.306 e. The monoisotopic (exact) mass is 310 g/mol. The fourth-order valence-electron chi connectivity index (χ4n) is 3.37. The van der Waals surface area contributed by atoms with Crippen molar-refractivity contribution in [2.24, 2.45) is 0 Å². The molecule has 4 rings (SSSR count). The van der Waals surface area contributed by atoms with Crippen LogP contribution in [-0.4, -0.2) is 39.4 Å². The molecule has 1 aliphatic rings. The quantitative estimate of drug-likeness (QED) is 0.728. The van der Waals surface area contributed by atoms with Crippen LogP contribution in [-0.2, 0) is 0 Å². The van der Waals surface area contributed by atoms with E-state index in [0.29, 0.717) is 5.92 Å². The van der Waals surface area contributed by atoms with Gasteiger partial charge in [0.1, 0.15) is 11.5 Å². The number of likely N-dealkylation sites (tertiary alicyclic amines) is 1. The second-order valence-corrected chi connectivity index (χ2v) is 6.27. The van der Waals surface area contributed by atoms with Gasteiger partial charge in [-0.25, -0.2) is 9.37 Å². The van der Waals surface area contributed by atoms with Gasteiger partial charge in [0.15, 0.2) is 0 Å². The van der Waals surface area contributed by atoms with E-state index < -0.39 is 0 Å². The van der Waals surface area contributed by atoms with E-state index in [1.54, 1.807) is 16.7 Å². The number of nitrogens with zero attached hydrogens (tertiary/aromatic N) is 4. The number of hydrogen-bond donors (Lipinski definition) is 0. The van der Waals surface area contributed by atoms with E-state index in [4.69, 9.17) is 4.98 Å². The van der Waals surface area contributed by atoms with Crippen molar-refractivity contribution in [3.8, 4) is 11.4 Å². The molecule has 3 aromatic heterocycles. The number of halogens is 1. The molecule has 0 amide bonds. The highest BCUT2D eigenvalue weighted by molar-refractivity contribution is 5.60. The van der Waals surface area contributed by atoms with Crippen molar-refractivity contribution in [2.45, 2.75) is 18.8 Å². The van der Waals surface area contributed by atoms with Gasteiger partial charge in [0, 0.05) is 24.4 Å². The highest BCUT2D eigenvalue weighted by Gasteiger charge is 2.20. The lowest BCUT2D eigenvalue weighted by atomic mass is 9.94. The van der Waals surface area contributed by atoms with Gasteiger partial charge in [0.2, 0.25) is 0 Å². The maximum absolute atomic E-state index is 13.5. The van der Waals surface area contributed by atoms with Crippen LogP contribution in [0.15, 0.2) is 42.7 Å². The molecule has 0 aromatic carbocycles. The summed E-state index contributed by atoms with van der Waals surface area (Å²) in [6.07, 6.45) is 5.59. The van der Waals surface area contributed by atoms with Crippen molar-refractivity contribution >= 4 is 5.65 Å². The van der Waals surface area contributed by atoms with E-state index in [-0.39, 0.29) is 5.82 Å². The summed E-state index contributed by atoms with van der Waals surface area (Å²) in [5, 5.41) is 0. The largest absolute Gasteiger partial charge is 0.306 e. The Kier molecular flexibility index (Phi) is 3.58. The van der Waals surface area contributed by atoms with Crippen LogP contribution in [0.25, 0.3) is 17.0 Å². The average molecular weight is 310 g/mol. The van der Waals surface area contributed by atoms with Crippen LogP contribution < -0.4 is 0 Å². The standard InChI is InChI=1S/C18H19FN4/c1-22-9-3-4-13(11-22)15-5-2-6-16(21-15)17-10-20-18-8-7-14(19)12-23(17)18/h2,5-8,10,12-13H,3-4,9,11H2,1H3. The van der Waals surface area contributed by atoms with Crippen molar-refractivity contribution in [2.75, 3.05) is 20.1 Å². The third kappa shape index (κ3) is 2.72. The normalized spacial score (nSPS) is 19.3. The first-order valence-electron chi connectivity index (χ1n) is 7.99. The van der Waals surface area contributed by atoms with Crippen LogP contribution in [0.5, 0.6) is 0 Å². The summed E-state index contributed by atoms with van der Waals surface area (Å²) >= 11 is 0. The molecule has 23 heavy (non-hydrogen) atoms. The minimum absolute atomic E-state index is 0.276. The predicted molar refractivity (Wildman–Crippen MR) is 87.9 cm³/mol. The number of imidazole rings is 1. The Bertz CT molecular complexity index is 842. The molecule has 1 aliphatic heterocycles. The van der Waals surface area contributed by atoms with Crippen molar-refractivity contribution in [3.63, 3.8) is 0 Å². The van der Waals surface area contributed by atoms with E-state index in [1.807, 2.05) is 12.1 Å². The SMILES string of the molecule is CN1CCCC(c2cccc(-c3cnc4ccc(F)cn34)n2)C1. The van der Waals surface area contributed by atoms with Gasteiger partial charge in [-0.2, -0.15) is 0 Å². The van der Waals surface area contributed by atoms with Crippen molar-refractivity contribution in [1.82, 2.24) is 19.3 Å². The number of fused-ring (bicyclic) bond motifs is 1. The van der Waals surface area contributed by atoms with Crippen LogP contribution in [0, 0.1) is 5.82 Å². The zero-order chi connectivity index (χ0) is 15.8. The van der Waals surface area contributed by atoms with Crippen LogP contribution in [0.2, 0.25) is 0 Å². The first-order valence-corrected chi connectivity index (χ1v) is 7.99. The van der Waals surface area contributed by atoms with E-state index in [9.17, 15) is 4.39 Å². The van der Waals surface area contributed by atoms with Gasteiger partial charge in [-0.3, -0.25) is 9.38 Å². The molecule has 0 N–H and O–H groups in total. The van der Waals surface area contributed by atoms with Crippen molar-refractivity contribution < 1.29 is 4.39 Å². The average Bonchev–Trinajstić information content (AvgIpc) is 2.98. The predicted octanol–water partition coefficient (Wildman–Crippen LogP) is 3.34. The number of piperidine rings is 1. The zero-order valence-corrected chi connectivity index (χ0v) is 13.1. The molecule has 0 bridgehead atoms. The Hall–Kier alpha value is -2.27. The zero-order valence-electron chi connectivity index (χ0n) is 13.1. The summed E-state index contributed by atoms with van der Waals surface area (Å²) in [6, 6.07) is 9.19. The molecular weight excluding hydrogens is 291 g/mol. The Morgan fingerprint density at radius 2 is 2.13 bits per heavy atom. The summed E-state index contributed by atoms with van der Waals surface area (Å²) in [6.45, 7) is 2.20. The number of aromatic nitrogens is 3. The fourth-order valence-corrected chi connectivity index (χ4v) is 3.37. The molecule has 1 saturated heterocycles. The van der Waals surface area contributed by atoms with Crippen LogP contribution in [0.3, 0.4) is 0 Å². The van der Waals surface area contributed by atoms with Gasteiger partial charge < -0.3 is 4.90 Å². The molecule has 4 nitrogen and oxygen atoms in total. The number of hydrogen-bond acceptors (Lipinski definition) is 3. The molecule has 3 aromatic rings. The molecule has 0 spiro atoms. The van der Waals surface area contributed by atoms with Gasteiger partial charge in [-0.15, -0.1) is 0 Å². The Labute approximate surface area is 134 Å². The lowest BCUT2D eigenvalue weighted by molar-refractivity contribution is 0.248. The fraction of sp³-hybridized carbons (Fsp3) is 0.333. The van der Waals surface area contributed by atoms with E-state index in [2.05, 4.69) is 23.0 Å². The third-order valence-electron chi connectivity index (χ3n) is 4.55. The van der Waals surface area contributed by atoms with Gasteiger partial charge in [-0.1, -0.05) is 6.07 Å². The first kappa shape index (κ1) is 14.3. The number of pyridine rings is 2. The summed E-state index contributed by atoms with van der Waals surface area (Å²) < 4.78 is 15.3. The smallest absolute Gasteiger partial charge is 0.139 e. The Balaban J connectivity index is 1.74. The molecule has 5 heteroatoms. The molecule has 1 unspecified atom stereocenters. The third-order valence-corrected chi connectivity index (χ3v) is 4.55. The summed E-state index contributed by atoms with van der Waals surface area (Å²) in [7, 11) is 2.16. The van der Waals surface area contributed by atoms with Crippen LogP contribution in [0.1, 0.15) is 24.5 Å². The second kappa shape index (κ2) is 5.74. The molecule has 118 valence electrons. The molecule has 0 saturated carbocycles. The minimum atomic E-state index is -0.276. The highest BCUT2D eigenvalue weighted by Crippen LogP contribution is 2.27. The number of rotatable bonds is 2. The second-order valence-electron chi connectivity index (χ2n) is 6.27. The maximum atomic E-state index is 13.5. The summed E-state index contributed by atoms with van der Waals surface area (Å²) in [4.78, 5) is 11.5. The van der Waals surface area contributed by atoms with E-state index in [0.717, 1.165) is 35.8 Å². The lowest BCUT2D eigenvalue weighted by Crippen LogP contribution is -2.31. The topological polar surface area (TPSA) is 33.4 Å². The Morgan fingerprint density at radius 1 is 1.22 bits per heavy atom. The Morgan fingerprint density at radius 3 is 3.00 bits per heavy atom.